The summed E-state index contributed by atoms with van der Waals surface area (Å²) in [5.74, 6) is -5.96. The number of sulfone groups is 1. The van der Waals surface area contributed by atoms with E-state index in [0.717, 1.165) is 6.07 Å². The van der Waals surface area contributed by atoms with Crippen LogP contribution in [0.1, 0.15) is 11.3 Å². The summed E-state index contributed by atoms with van der Waals surface area (Å²) < 4.78 is 35.5. The van der Waals surface area contributed by atoms with Gasteiger partial charge in [-0.2, -0.15) is 0 Å². The average Bonchev–Trinajstić information content (AvgIpc) is 2.86. The summed E-state index contributed by atoms with van der Waals surface area (Å²) in [4.78, 5) is 53.3. The first-order valence-electron chi connectivity index (χ1n) is 10.9. The number of carbonyl (C=O) groups is 4. The fourth-order valence-corrected chi connectivity index (χ4v) is 5.86. The molecule has 38 heavy (non-hydrogen) atoms. The van der Waals surface area contributed by atoms with Crippen molar-refractivity contribution in [3.63, 3.8) is 0 Å². The monoisotopic (exact) mass is 544 g/mol. The van der Waals surface area contributed by atoms with E-state index in [9.17, 15) is 42.9 Å². The van der Waals surface area contributed by atoms with Gasteiger partial charge in [-0.15, -0.1) is 0 Å². The quantitative estimate of drug-likeness (QED) is 0.176. The molecule has 3 heterocycles. The first kappa shape index (κ1) is 26.3. The molecule has 1 aromatic heterocycles. The van der Waals surface area contributed by atoms with Crippen molar-refractivity contribution in [1.29, 1.82) is 0 Å². The summed E-state index contributed by atoms with van der Waals surface area (Å²) in [5.41, 5.74) is -0.439. The first-order chi connectivity index (χ1) is 18.0. The maximum absolute atomic E-state index is 12.9. The second-order valence-corrected chi connectivity index (χ2v) is 10.3. The SMILES string of the molecule is O=C(COC(=O)Cc1ccc(O)c(O)c1)OCC1=C(C(=O)O)N2C(=O)/C(=C/c3ccccn3)[C@H]2S(=O)(=O)C1. The number of phenolic OH excluding ortho intramolecular Hbond substituents is 2. The number of esters is 2. The number of carbonyl (C=O) groups excluding carboxylic acids is 3. The molecule has 2 aliphatic rings. The highest BCUT2D eigenvalue weighted by atomic mass is 32.2. The Morgan fingerprint density at radius 3 is 2.50 bits per heavy atom. The summed E-state index contributed by atoms with van der Waals surface area (Å²) in [6.07, 6.45) is 2.40. The third-order valence-corrected chi connectivity index (χ3v) is 7.49. The van der Waals surface area contributed by atoms with Crippen molar-refractivity contribution in [3.8, 4) is 11.5 Å². The lowest BCUT2D eigenvalue weighted by molar-refractivity contribution is -0.157. The summed E-state index contributed by atoms with van der Waals surface area (Å²) in [7, 11) is -4.08. The maximum atomic E-state index is 12.9. The number of carboxylic acids is 1. The van der Waals surface area contributed by atoms with E-state index < -0.39 is 69.4 Å². The van der Waals surface area contributed by atoms with Crippen LogP contribution in [0.5, 0.6) is 11.5 Å². The fraction of sp³-hybridized carbons (Fsp3) is 0.208. The van der Waals surface area contributed by atoms with Crippen LogP contribution < -0.4 is 0 Å². The number of amides is 1. The Labute approximate surface area is 215 Å². The van der Waals surface area contributed by atoms with E-state index in [1.165, 1.54) is 24.4 Å². The van der Waals surface area contributed by atoms with Gasteiger partial charge in [0, 0.05) is 11.8 Å². The number of aliphatic carboxylic acids is 1. The minimum atomic E-state index is -4.08. The number of phenols is 2. The minimum absolute atomic E-state index is 0.132. The summed E-state index contributed by atoms with van der Waals surface area (Å²) in [6.45, 7) is -1.62. The molecular weight excluding hydrogens is 524 g/mol. The van der Waals surface area contributed by atoms with Gasteiger partial charge in [-0.05, 0) is 35.9 Å². The molecule has 14 heteroatoms. The molecule has 1 fully saturated rings. The molecule has 1 saturated heterocycles. The van der Waals surface area contributed by atoms with E-state index in [4.69, 9.17) is 9.47 Å². The number of β-lactam (4-membered cyclic amide) rings is 1. The summed E-state index contributed by atoms with van der Waals surface area (Å²) in [5, 5.41) is 26.9. The molecule has 0 saturated carbocycles. The Kier molecular flexibility index (Phi) is 7.17. The number of fused-ring (bicyclic) bond motifs is 1. The molecule has 3 N–H and O–H groups in total. The summed E-state index contributed by atoms with van der Waals surface area (Å²) >= 11 is 0. The van der Waals surface area contributed by atoms with Crippen LogP contribution in [0.2, 0.25) is 0 Å². The largest absolute Gasteiger partial charge is 0.504 e. The van der Waals surface area contributed by atoms with Crippen molar-refractivity contribution in [3.05, 3.63) is 70.7 Å². The van der Waals surface area contributed by atoms with Crippen LogP contribution in [0.25, 0.3) is 6.08 Å². The van der Waals surface area contributed by atoms with Crippen LogP contribution >= 0.6 is 0 Å². The van der Waals surface area contributed by atoms with E-state index in [1.54, 1.807) is 18.2 Å². The lowest BCUT2D eigenvalue weighted by atomic mass is 10.0. The molecule has 1 atom stereocenters. The van der Waals surface area contributed by atoms with Crippen molar-refractivity contribution in [2.75, 3.05) is 19.0 Å². The number of nitrogens with zero attached hydrogens (tertiary/aromatic N) is 2. The molecule has 1 aromatic carbocycles. The van der Waals surface area contributed by atoms with Gasteiger partial charge in [0.2, 0.25) is 0 Å². The molecule has 198 valence electrons. The number of aromatic hydroxyl groups is 2. The number of hydrogen-bond acceptors (Lipinski definition) is 11. The highest BCUT2D eigenvalue weighted by molar-refractivity contribution is 7.92. The number of rotatable bonds is 8. The van der Waals surface area contributed by atoms with Crippen molar-refractivity contribution in [1.82, 2.24) is 9.88 Å². The molecule has 0 spiro atoms. The average molecular weight is 544 g/mol. The lowest BCUT2D eigenvalue weighted by Gasteiger charge is -2.45. The predicted octanol–water partition coefficient (Wildman–Crippen LogP) is 0.141. The van der Waals surface area contributed by atoms with Gasteiger partial charge in [0.15, 0.2) is 33.3 Å². The van der Waals surface area contributed by atoms with Crippen LogP contribution in [0.3, 0.4) is 0 Å². The molecule has 2 aromatic rings. The highest BCUT2D eigenvalue weighted by Gasteiger charge is 2.56. The third kappa shape index (κ3) is 5.34. The van der Waals surface area contributed by atoms with Crippen molar-refractivity contribution >= 4 is 39.7 Å². The van der Waals surface area contributed by atoms with Crippen molar-refractivity contribution in [2.45, 2.75) is 11.8 Å². The predicted molar refractivity (Wildman–Crippen MR) is 127 cm³/mol. The Hall–Kier alpha value is -4.72. The van der Waals surface area contributed by atoms with Gasteiger partial charge in [0.1, 0.15) is 12.3 Å². The minimum Gasteiger partial charge on any atom is -0.504 e. The number of carboxylic acid groups (broad SMARTS) is 1. The second-order valence-electron chi connectivity index (χ2n) is 8.27. The lowest BCUT2D eigenvalue weighted by Crippen LogP contribution is -2.62. The van der Waals surface area contributed by atoms with Gasteiger partial charge in [-0.1, -0.05) is 12.1 Å². The van der Waals surface area contributed by atoms with Crippen molar-refractivity contribution in [2.24, 2.45) is 0 Å². The number of ether oxygens (including phenoxy) is 2. The second kappa shape index (κ2) is 10.3. The van der Waals surface area contributed by atoms with Gasteiger partial charge >= 0.3 is 17.9 Å². The van der Waals surface area contributed by atoms with E-state index in [1.807, 2.05) is 0 Å². The molecule has 2 aliphatic heterocycles. The number of pyridine rings is 1. The van der Waals surface area contributed by atoms with Gasteiger partial charge in [0.05, 0.1) is 23.4 Å². The zero-order valence-corrected chi connectivity index (χ0v) is 20.3. The third-order valence-electron chi connectivity index (χ3n) is 5.60. The van der Waals surface area contributed by atoms with E-state index >= 15 is 0 Å². The van der Waals surface area contributed by atoms with Gasteiger partial charge in [-0.3, -0.25) is 19.5 Å². The van der Waals surface area contributed by atoms with Crippen LogP contribution in [0.4, 0.5) is 0 Å². The van der Waals surface area contributed by atoms with Crippen molar-refractivity contribution < 1.29 is 52.4 Å². The molecule has 4 rings (SSSR count). The smallest absolute Gasteiger partial charge is 0.352 e. The highest BCUT2D eigenvalue weighted by Crippen LogP contribution is 2.40. The van der Waals surface area contributed by atoms with Crippen LogP contribution in [0.15, 0.2) is 59.4 Å². The normalized spacial score (nSPS) is 18.9. The Bertz CT molecular complexity index is 1500. The zero-order chi connectivity index (χ0) is 27.6. The van der Waals surface area contributed by atoms with Gasteiger partial charge in [0.25, 0.3) is 5.91 Å². The fourth-order valence-electron chi connectivity index (χ4n) is 3.92. The Balaban J connectivity index is 1.42. The molecule has 0 aliphatic carbocycles. The molecule has 0 bridgehead atoms. The van der Waals surface area contributed by atoms with Gasteiger partial charge < -0.3 is 24.8 Å². The van der Waals surface area contributed by atoms with Crippen LogP contribution in [-0.4, -0.2) is 81.8 Å². The Morgan fingerprint density at radius 2 is 1.84 bits per heavy atom. The molecular formula is C24H20N2O11S. The van der Waals surface area contributed by atoms with E-state index in [2.05, 4.69) is 4.98 Å². The number of hydrogen-bond donors (Lipinski definition) is 3. The standard InChI is InChI=1S/C24H20N2O11S/c27-17-5-4-13(7-18(17)28)8-19(29)37-11-20(30)36-10-14-12-38(34,35)23-16(9-15-3-1-2-6-25-15)22(31)26(23)21(14)24(32)33/h1-7,9,23,27-28H,8,10-12H2,(H,32,33)/b16-9-/t23-/m1/s1. The summed E-state index contributed by atoms with van der Waals surface area (Å²) in [6, 6.07) is 8.50. The van der Waals surface area contributed by atoms with E-state index in [0.29, 0.717) is 16.2 Å². The zero-order valence-electron chi connectivity index (χ0n) is 19.4. The van der Waals surface area contributed by atoms with Crippen LogP contribution in [0, 0.1) is 0 Å². The van der Waals surface area contributed by atoms with Gasteiger partial charge in [-0.25, -0.2) is 18.0 Å². The molecule has 0 unspecified atom stereocenters. The molecule has 1 amide bonds. The topological polar surface area (TPSA) is 198 Å². The maximum Gasteiger partial charge on any atom is 0.352 e. The number of aromatic nitrogens is 1. The molecule has 0 radical (unpaired) electrons. The number of benzene rings is 1. The van der Waals surface area contributed by atoms with Crippen LogP contribution in [-0.2, 0) is 44.9 Å². The Morgan fingerprint density at radius 1 is 1.08 bits per heavy atom. The van der Waals surface area contributed by atoms with E-state index in [-0.39, 0.29) is 23.3 Å². The molecule has 13 nitrogen and oxygen atoms in total. The first-order valence-corrected chi connectivity index (χ1v) is 12.6.